The predicted molar refractivity (Wildman–Crippen MR) is 98.8 cm³/mol. The van der Waals surface area contributed by atoms with Gasteiger partial charge in [-0.2, -0.15) is 0 Å². The highest BCUT2D eigenvalue weighted by molar-refractivity contribution is 6.62. The Kier molecular flexibility index (Phi) is 4.25. The first kappa shape index (κ1) is 17.2. The van der Waals surface area contributed by atoms with Gasteiger partial charge in [0.15, 0.2) is 0 Å². The van der Waals surface area contributed by atoms with E-state index in [1.54, 1.807) is 0 Å². The third-order valence-corrected chi connectivity index (χ3v) is 6.04. The number of nitrogens with zero attached hydrogens (tertiary/aromatic N) is 1. The standard InChI is InChI=1S/C19H28BNO4/c1-18(2)19(3,4)25-20(24-18)14-5-6-16-17(13-14)23-12-9-21(16)15-7-10-22-11-8-15/h5-6,13,15H,7-12H2,1-4H3. The van der Waals surface area contributed by atoms with Crippen LogP contribution in [0.25, 0.3) is 0 Å². The van der Waals surface area contributed by atoms with Crippen LogP contribution in [0.2, 0.25) is 0 Å². The molecule has 2 saturated heterocycles. The van der Waals surface area contributed by atoms with Gasteiger partial charge in [-0.3, -0.25) is 0 Å². The lowest BCUT2D eigenvalue weighted by Gasteiger charge is -2.39. The van der Waals surface area contributed by atoms with Crippen LogP contribution in [0.5, 0.6) is 5.75 Å². The minimum absolute atomic E-state index is 0.331. The predicted octanol–water partition coefficient (Wildman–Crippen LogP) is 2.36. The molecule has 3 aliphatic rings. The Morgan fingerprint density at radius 2 is 1.68 bits per heavy atom. The minimum Gasteiger partial charge on any atom is -0.490 e. The third kappa shape index (κ3) is 3.05. The lowest BCUT2D eigenvalue weighted by Crippen LogP contribution is -2.44. The van der Waals surface area contributed by atoms with E-state index in [4.69, 9.17) is 18.8 Å². The third-order valence-electron chi connectivity index (χ3n) is 6.04. The van der Waals surface area contributed by atoms with E-state index in [0.717, 1.165) is 50.4 Å². The summed E-state index contributed by atoms with van der Waals surface area (Å²) in [5, 5.41) is 0. The van der Waals surface area contributed by atoms with Gasteiger partial charge in [-0.05, 0) is 58.1 Å². The van der Waals surface area contributed by atoms with Crippen LogP contribution >= 0.6 is 0 Å². The second-order valence-electron chi connectivity index (χ2n) is 8.20. The average molecular weight is 345 g/mol. The first-order valence-corrected chi connectivity index (χ1v) is 9.34. The Labute approximate surface area is 150 Å². The Morgan fingerprint density at radius 3 is 2.36 bits per heavy atom. The van der Waals surface area contributed by atoms with Gasteiger partial charge in [0.1, 0.15) is 12.4 Å². The fraction of sp³-hybridized carbons (Fsp3) is 0.684. The topological polar surface area (TPSA) is 40.2 Å². The van der Waals surface area contributed by atoms with Gasteiger partial charge >= 0.3 is 7.12 Å². The van der Waals surface area contributed by atoms with Crippen LogP contribution in [0.3, 0.4) is 0 Å². The number of benzene rings is 1. The molecule has 4 rings (SSSR count). The highest BCUT2D eigenvalue weighted by Gasteiger charge is 2.51. The molecule has 1 aromatic rings. The van der Waals surface area contributed by atoms with E-state index in [9.17, 15) is 0 Å². The smallest absolute Gasteiger partial charge is 0.490 e. The summed E-state index contributed by atoms with van der Waals surface area (Å²) in [7, 11) is -0.350. The van der Waals surface area contributed by atoms with Gasteiger partial charge in [0.25, 0.3) is 0 Å². The van der Waals surface area contributed by atoms with Gasteiger partial charge in [-0.15, -0.1) is 0 Å². The lowest BCUT2D eigenvalue weighted by atomic mass is 9.78. The first-order valence-electron chi connectivity index (χ1n) is 9.34. The van der Waals surface area contributed by atoms with Crippen LogP contribution in [-0.2, 0) is 14.0 Å². The molecular weight excluding hydrogens is 317 g/mol. The quantitative estimate of drug-likeness (QED) is 0.770. The molecule has 0 bridgehead atoms. The van der Waals surface area contributed by atoms with Gasteiger partial charge in [0.05, 0.1) is 23.4 Å². The summed E-state index contributed by atoms with van der Waals surface area (Å²) in [5.41, 5.74) is 1.54. The van der Waals surface area contributed by atoms with Gasteiger partial charge in [-0.1, -0.05) is 6.07 Å². The molecule has 0 amide bonds. The van der Waals surface area contributed by atoms with Crippen LogP contribution in [0.15, 0.2) is 18.2 Å². The summed E-state index contributed by atoms with van der Waals surface area (Å²) in [6, 6.07) is 6.90. The van der Waals surface area contributed by atoms with Crippen molar-refractivity contribution in [1.82, 2.24) is 0 Å². The highest BCUT2D eigenvalue weighted by atomic mass is 16.7. The number of hydrogen-bond acceptors (Lipinski definition) is 5. The Morgan fingerprint density at radius 1 is 1.00 bits per heavy atom. The number of ether oxygens (including phenoxy) is 2. The van der Waals surface area contributed by atoms with Gasteiger partial charge < -0.3 is 23.7 Å². The monoisotopic (exact) mass is 345 g/mol. The number of fused-ring (bicyclic) bond motifs is 1. The second-order valence-corrected chi connectivity index (χ2v) is 8.20. The van der Waals surface area contributed by atoms with E-state index in [1.165, 1.54) is 5.69 Å². The molecule has 0 N–H and O–H groups in total. The fourth-order valence-electron chi connectivity index (χ4n) is 3.76. The van der Waals surface area contributed by atoms with Crippen molar-refractivity contribution in [3.05, 3.63) is 18.2 Å². The van der Waals surface area contributed by atoms with Gasteiger partial charge in [-0.25, -0.2) is 0 Å². The maximum absolute atomic E-state index is 6.18. The van der Waals surface area contributed by atoms with E-state index in [1.807, 2.05) is 0 Å². The van der Waals surface area contributed by atoms with Crippen molar-refractivity contribution >= 4 is 18.3 Å². The second kappa shape index (κ2) is 6.18. The fourth-order valence-corrected chi connectivity index (χ4v) is 3.76. The van der Waals surface area contributed by atoms with Gasteiger partial charge in [0, 0.05) is 19.3 Å². The molecule has 0 radical (unpaired) electrons. The van der Waals surface area contributed by atoms with Crippen molar-refractivity contribution in [2.45, 2.75) is 57.8 Å². The summed E-state index contributed by atoms with van der Waals surface area (Å²) in [6.07, 6.45) is 2.16. The van der Waals surface area contributed by atoms with E-state index in [-0.39, 0.29) is 18.3 Å². The van der Waals surface area contributed by atoms with Crippen LogP contribution < -0.4 is 15.1 Å². The molecule has 5 nitrogen and oxygen atoms in total. The zero-order valence-corrected chi connectivity index (χ0v) is 15.7. The summed E-state index contributed by atoms with van der Waals surface area (Å²) in [6.45, 7) is 11.7. The maximum Gasteiger partial charge on any atom is 0.494 e. The molecule has 0 aromatic heterocycles. The summed E-state index contributed by atoms with van der Waals surface area (Å²) >= 11 is 0. The van der Waals surface area contributed by atoms with Crippen LogP contribution in [0, 0.1) is 0 Å². The first-order chi connectivity index (χ1) is 11.9. The summed E-state index contributed by atoms with van der Waals surface area (Å²) < 4.78 is 23.8. The van der Waals surface area contributed by atoms with E-state index in [0.29, 0.717) is 6.04 Å². The molecule has 0 aliphatic carbocycles. The molecular formula is C19H28BNO4. The molecule has 0 saturated carbocycles. The molecule has 0 unspecified atom stereocenters. The zero-order valence-electron chi connectivity index (χ0n) is 15.7. The SMILES string of the molecule is CC1(C)OB(c2ccc3c(c2)OCCN3C2CCOCC2)OC1(C)C. The molecule has 1 aromatic carbocycles. The van der Waals surface area contributed by atoms with Crippen LogP contribution in [0.4, 0.5) is 5.69 Å². The van der Waals surface area contributed by atoms with Crippen molar-refractivity contribution < 1.29 is 18.8 Å². The van der Waals surface area contributed by atoms with E-state index < -0.39 is 0 Å². The number of anilines is 1. The normalized spacial score (nSPS) is 25.6. The molecule has 6 heteroatoms. The Bertz CT molecular complexity index is 626. The summed E-state index contributed by atoms with van der Waals surface area (Å²) in [4.78, 5) is 2.48. The average Bonchev–Trinajstić information content (AvgIpc) is 2.82. The zero-order chi connectivity index (χ0) is 17.7. The Balaban J connectivity index is 1.58. The van der Waals surface area contributed by atoms with Crippen molar-refractivity contribution in [2.75, 3.05) is 31.3 Å². The van der Waals surface area contributed by atoms with E-state index >= 15 is 0 Å². The van der Waals surface area contributed by atoms with Gasteiger partial charge in [0.2, 0.25) is 0 Å². The molecule has 25 heavy (non-hydrogen) atoms. The van der Waals surface area contributed by atoms with Crippen LogP contribution in [-0.4, -0.2) is 50.7 Å². The summed E-state index contributed by atoms with van der Waals surface area (Å²) in [5.74, 6) is 0.935. The molecule has 0 spiro atoms. The molecule has 0 atom stereocenters. The largest absolute Gasteiger partial charge is 0.494 e. The lowest BCUT2D eigenvalue weighted by molar-refractivity contribution is 0.00578. The van der Waals surface area contributed by atoms with Crippen LogP contribution in [0.1, 0.15) is 40.5 Å². The number of hydrogen-bond donors (Lipinski definition) is 0. The molecule has 3 heterocycles. The molecule has 136 valence electrons. The van der Waals surface area contributed by atoms with E-state index in [2.05, 4.69) is 50.8 Å². The molecule has 2 fully saturated rings. The van der Waals surface area contributed by atoms with Crippen molar-refractivity contribution in [3.63, 3.8) is 0 Å². The minimum atomic E-state index is -0.350. The van der Waals surface area contributed by atoms with Crippen molar-refractivity contribution in [1.29, 1.82) is 0 Å². The molecule has 3 aliphatic heterocycles. The maximum atomic E-state index is 6.18. The highest BCUT2D eigenvalue weighted by Crippen LogP contribution is 2.38. The number of rotatable bonds is 2. The Hall–Kier alpha value is -1.24. The van der Waals surface area contributed by atoms with Crippen molar-refractivity contribution in [3.8, 4) is 5.75 Å². The van der Waals surface area contributed by atoms with Crippen molar-refractivity contribution in [2.24, 2.45) is 0 Å².